The number of hydrogen-bond acceptors (Lipinski definition) is 4. The summed E-state index contributed by atoms with van der Waals surface area (Å²) in [6.07, 6.45) is 2.30. The minimum atomic E-state index is -3.49. The third-order valence-corrected chi connectivity index (χ3v) is 2.94. The Kier molecular flexibility index (Phi) is 3.69. The molecule has 0 spiro atoms. The molecule has 0 saturated carbocycles. The third-order valence-electron chi connectivity index (χ3n) is 1.94. The Hall–Kier alpha value is -1.80. The Morgan fingerprint density at radius 1 is 1.44 bits per heavy atom. The predicted molar refractivity (Wildman–Crippen MR) is 61.4 cm³/mol. The maximum absolute atomic E-state index is 11.2. The minimum absolute atomic E-state index is 0.281. The van der Waals surface area contributed by atoms with Gasteiger partial charge in [-0.25, -0.2) is 8.42 Å². The molecule has 0 bridgehead atoms. The van der Waals surface area contributed by atoms with Gasteiger partial charge in [-0.1, -0.05) is 18.2 Å². The van der Waals surface area contributed by atoms with Crippen molar-refractivity contribution in [2.75, 3.05) is 13.4 Å². The first-order chi connectivity index (χ1) is 7.49. The monoisotopic (exact) mass is 237 g/mol. The molecule has 0 atom stereocenters. The van der Waals surface area contributed by atoms with E-state index < -0.39 is 9.84 Å². The average molecular weight is 237 g/mol. The molecule has 1 aromatic carbocycles. The maximum atomic E-state index is 11.2. The van der Waals surface area contributed by atoms with E-state index in [1.165, 1.54) is 13.2 Å². The summed E-state index contributed by atoms with van der Waals surface area (Å²) in [5.41, 5.74) is 0.562. The highest BCUT2D eigenvalue weighted by Gasteiger charge is 2.11. The number of para-hydroxylation sites is 1. The summed E-state index contributed by atoms with van der Waals surface area (Å²) in [5, 5.41) is 8.75. The van der Waals surface area contributed by atoms with Gasteiger partial charge in [0.1, 0.15) is 16.7 Å². The standard InChI is InChI=1S/C11H11NO3S/c1-15-11-6-4-3-5-9(11)7-10(8-12)16(2,13)14/h3-7H,1-2H3/b10-7-. The summed E-state index contributed by atoms with van der Waals surface area (Å²) in [7, 11) is -2.01. The molecule has 0 aliphatic rings. The fraction of sp³-hybridized carbons (Fsp3) is 0.182. The lowest BCUT2D eigenvalue weighted by Gasteiger charge is -2.03. The number of methoxy groups -OCH3 is 1. The van der Waals surface area contributed by atoms with Crippen LogP contribution in [0.15, 0.2) is 29.2 Å². The van der Waals surface area contributed by atoms with E-state index >= 15 is 0 Å². The highest BCUT2D eigenvalue weighted by molar-refractivity contribution is 7.95. The van der Waals surface area contributed by atoms with Gasteiger partial charge >= 0.3 is 0 Å². The lowest BCUT2D eigenvalue weighted by atomic mass is 10.2. The van der Waals surface area contributed by atoms with Crippen LogP contribution in [0.2, 0.25) is 0 Å². The number of allylic oxidation sites excluding steroid dienone is 1. The van der Waals surface area contributed by atoms with Gasteiger partial charge in [0.15, 0.2) is 9.84 Å². The van der Waals surface area contributed by atoms with Crippen LogP contribution < -0.4 is 4.74 Å². The first-order valence-electron chi connectivity index (χ1n) is 4.44. The molecule has 0 radical (unpaired) electrons. The second-order valence-corrected chi connectivity index (χ2v) is 5.12. The zero-order valence-electron chi connectivity index (χ0n) is 8.97. The molecule has 0 N–H and O–H groups in total. The molecule has 0 aromatic heterocycles. The van der Waals surface area contributed by atoms with Crippen molar-refractivity contribution in [1.29, 1.82) is 5.26 Å². The van der Waals surface area contributed by atoms with E-state index in [1.54, 1.807) is 30.3 Å². The Labute approximate surface area is 94.7 Å². The quantitative estimate of drug-likeness (QED) is 0.749. The number of benzene rings is 1. The lowest BCUT2D eigenvalue weighted by Crippen LogP contribution is -1.98. The van der Waals surface area contributed by atoms with Crippen LogP contribution in [0.4, 0.5) is 0 Å². The molecular formula is C11H11NO3S. The second-order valence-electron chi connectivity index (χ2n) is 3.13. The van der Waals surface area contributed by atoms with Gasteiger partial charge in [-0.3, -0.25) is 0 Å². The van der Waals surface area contributed by atoms with Crippen molar-refractivity contribution in [3.63, 3.8) is 0 Å². The van der Waals surface area contributed by atoms with Gasteiger partial charge in [0.25, 0.3) is 0 Å². The van der Waals surface area contributed by atoms with Gasteiger partial charge in [-0.05, 0) is 12.1 Å². The van der Waals surface area contributed by atoms with Crippen molar-refractivity contribution < 1.29 is 13.2 Å². The van der Waals surface area contributed by atoms with Crippen LogP contribution in [0.1, 0.15) is 5.56 Å². The summed E-state index contributed by atoms with van der Waals surface area (Å²) in [4.78, 5) is -0.281. The molecule has 0 unspecified atom stereocenters. The number of nitriles is 1. The number of rotatable bonds is 3. The summed E-state index contributed by atoms with van der Waals surface area (Å²) in [5.74, 6) is 0.527. The fourth-order valence-electron chi connectivity index (χ4n) is 1.15. The Morgan fingerprint density at radius 2 is 2.06 bits per heavy atom. The summed E-state index contributed by atoms with van der Waals surface area (Å²) < 4.78 is 27.5. The van der Waals surface area contributed by atoms with Crippen molar-refractivity contribution in [3.05, 3.63) is 34.7 Å². The van der Waals surface area contributed by atoms with Crippen molar-refractivity contribution in [1.82, 2.24) is 0 Å². The normalized spacial score (nSPS) is 11.9. The van der Waals surface area contributed by atoms with Gasteiger partial charge in [0, 0.05) is 11.8 Å². The van der Waals surface area contributed by atoms with Gasteiger partial charge in [0.05, 0.1) is 7.11 Å². The molecule has 16 heavy (non-hydrogen) atoms. The van der Waals surface area contributed by atoms with E-state index in [4.69, 9.17) is 10.00 Å². The Morgan fingerprint density at radius 3 is 2.56 bits per heavy atom. The molecule has 0 aliphatic heterocycles. The first-order valence-corrected chi connectivity index (χ1v) is 6.33. The van der Waals surface area contributed by atoms with Crippen LogP contribution in [-0.4, -0.2) is 21.8 Å². The highest BCUT2D eigenvalue weighted by atomic mass is 32.2. The predicted octanol–water partition coefficient (Wildman–Crippen LogP) is 1.60. The van der Waals surface area contributed by atoms with Crippen molar-refractivity contribution in [2.45, 2.75) is 0 Å². The zero-order valence-corrected chi connectivity index (χ0v) is 9.78. The topological polar surface area (TPSA) is 67.2 Å². The number of hydrogen-bond donors (Lipinski definition) is 0. The third kappa shape index (κ3) is 2.84. The van der Waals surface area contributed by atoms with Crippen LogP contribution >= 0.6 is 0 Å². The van der Waals surface area contributed by atoms with E-state index in [1.807, 2.05) is 0 Å². The largest absolute Gasteiger partial charge is 0.496 e. The van der Waals surface area contributed by atoms with Crippen molar-refractivity contribution in [3.8, 4) is 11.8 Å². The van der Waals surface area contributed by atoms with Crippen molar-refractivity contribution >= 4 is 15.9 Å². The molecule has 1 aromatic rings. The van der Waals surface area contributed by atoms with E-state index in [0.29, 0.717) is 11.3 Å². The fourth-order valence-corrected chi connectivity index (χ4v) is 1.66. The summed E-state index contributed by atoms with van der Waals surface area (Å²) in [6.45, 7) is 0. The molecule has 5 heteroatoms. The van der Waals surface area contributed by atoms with E-state index in [2.05, 4.69) is 0 Å². The number of sulfone groups is 1. The van der Waals surface area contributed by atoms with Crippen LogP contribution in [0, 0.1) is 11.3 Å². The van der Waals surface area contributed by atoms with Gasteiger partial charge < -0.3 is 4.74 Å². The SMILES string of the molecule is COc1ccccc1/C=C(/C#N)S(C)(=O)=O. The molecule has 4 nitrogen and oxygen atoms in total. The van der Waals surface area contributed by atoms with Gasteiger partial charge in [-0.2, -0.15) is 5.26 Å². The molecule has 0 amide bonds. The van der Waals surface area contributed by atoms with Crippen LogP contribution in [0.3, 0.4) is 0 Å². The van der Waals surface area contributed by atoms with Crippen LogP contribution in [0.25, 0.3) is 6.08 Å². The Balaban J connectivity index is 3.31. The maximum Gasteiger partial charge on any atom is 0.185 e. The molecule has 0 fully saturated rings. The summed E-state index contributed by atoms with van der Waals surface area (Å²) >= 11 is 0. The average Bonchev–Trinajstić information content (AvgIpc) is 2.24. The molecule has 0 heterocycles. The molecular weight excluding hydrogens is 226 g/mol. The molecule has 0 aliphatic carbocycles. The molecule has 0 saturated heterocycles. The minimum Gasteiger partial charge on any atom is -0.496 e. The van der Waals surface area contributed by atoms with E-state index in [0.717, 1.165) is 6.26 Å². The lowest BCUT2D eigenvalue weighted by molar-refractivity contribution is 0.414. The second kappa shape index (κ2) is 4.81. The summed E-state index contributed by atoms with van der Waals surface area (Å²) in [6, 6.07) is 8.55. The highest BCUT2D eigenvalue weighted by Crippen LogP contribution is 2.21. The van der Waals surface area contributed by atoms with Crippen molar-refractivity contribution in [2.24, 2.45) is 0 Å². The smallest absolute Gasteiger partial charge is 0.185 e. The van der Waals surface area contributed by atoms with E-state index in [-0.39, 0.29) is 4.91 Å². The van der Waals surface area contributed by atoms with E-state index in [9.17, 15) is 8.42 Å². The van der Waals surface area contributed by atoms with Crippen LogP contribution in [-0.2, 0) is 9.84 Å². The number of ether oxygens (including phenoxy) is 1. The van der Waals surface area contributed by atoms with Crippen LogP contribution in [0.5, 0.6) is 5.75 Å². The molecule has 1 rings (SSSR count). The Bertz CT molecular complexity index is 553. The van der Waals surface area contributed by atoms with Gasteiger partial charge in [-0.15, -0.1) is 0 Å². The first kappa shape index (κ1) is 12.3. The number of nitrogens with zero attached hydrogens (tertiary/aromatic N) is 1. The zero-order chi connectivity index (χ0) is 12.2. The van der Waals surface area contributed by atoms with Gasteiger partial charge in [0.2, 0.25) is 0 Å². The molecule has 84 valence electrons.